The first kappa shape index (κ1) is 23.4. The lowest BCUT2D eigenvalue weighted by Gasteiger charge is -2.20. The number of hydrogen-bond donors (Lipinski definition) is 2. The Hall–Kier alpha value is -2.73. The SMILES string of the molecule is O=S(=O)(N[C@H]1c2ccccc2C[C@@H]1O)c1cc(S(=O)(=O)c2ccccc2)ccc1C(F)(F)F. The van der Waals surface area contributed by atoms with Crippen LogP contribution in [0.15, 0.2) is 87.5 Å². The standard InChI is InChI=1S/C22H18F3NO5S2/c23-22(24,25)18-11-10-16(32(28,29)15-7-2-1-3-8-15)13-20(18)33(30,31)26-21-17-9-5-4-6-14(17)12-19(21)27/h1-11,13,19,21,26-27H,12H2/t19-,21-/m0/s1. The van der Waals surface area contributed by atoms with Crippen LogP contribution in [0.1, 0.15) is 22.7 Å². The number of nitrogens with one attached hydrogen (secondary N) is 1. The molecule has 1 aliphatic rings. The molecule has 3 aromatic carbocycles. The minimum absolute atomic E-state index is 0.123. The zero-order chi connectivity index (χ0) is 24.0. The largest absolute Gasteiger partial charge is 0.417 e. The molecule has 0 amide bonds. The lowest BCUT2D eigenvalue weighted by molar-refractivity contribution is -0.139. The topological polar surface area (TPSA) is 101 Å². The van der Waals surface area contributed by atoms with Gasteiger partial charge in [-0.2, -0.15) is 13.2 Å². The van der Waals surface area contributed by atoms with E-state index in [0.29, 0.717) is 23.3 Å². The van der Waals surface area contributed by atoms with Gasteiger partial charge in [0.1, 0.15) is 0 Å². The van der Waals surface area contributed by atoms with Gasteiger partial charge in [0.25, 0.3) is 0 Å². The molecule has 0 aromatic heterocycles. The summed E-state index contributed by atoms with van der Waals surface area (Å²) < 4.78 is 95.2. The summed E-state index contributed by atoms with van der Waals surface area (Å²) in [5.41, 5.74) is -0.410. The minimum Gasteiger partial charge on any atom is -0.391 e. The second-order valence-electron chi connectivity index (χ2n) is 7.54. The van der Waals surface area contributed by atoms with Gasteiger partial charge in [0, 0.05) is 6.42 Å². The summed E-state index contributed by atoms with van der Waals surface area (Å²) >= 11 is 0. The van der Waals surface area contributed by atoms with E-state index < -0.39 is 53.5 Å². The molecule has 4 rings (SSSR count). The van der Waals surface area contributed by atoms with E-state index in [-0.39, 0.29) is 11.3 Å². The Morgan fingerprint density at radius 3 is 2.15 bits per heavy atom. The van der Waals surface area contributed by atoms with Gasteiger partial charge in [-0.05, 0) is 41.5 Å². The first-order valence-corrected chi connectivity index (χ1v) is 12.7. The third-order valence-electron chi connectivity index (χ3n) is 5.40. The van der Waals surface area contributed by atoms with E-state index in [1.165, 1.54) is 24.3 Å². The normalized spacial score (nSPS) is 18.8. The van der Waals surface area contributed by atoms with Crippen molar-refractivity contribution in [2.45, 2.75) is 39.4 Å². The molecule has 0 aliphatic heterocycles. The first-order chi connectivity index (χ1) is 15.4. The number of aliphatic hydroxyl groups is 1. The van der Waals surface area contributed by atoms with E-state index in [0.717, 1.165) is 6.07 Å². The number of halogens is 3. The molecule has 0 unspecified atom stereocenters. The number of rotatable bonds is 5. The Morgan fingerprint density at radius 2 is 1.48 bits per heavy atom. The summed E-state index contributed by atoms with van der Waals surface area (Å²) in [5.74, 6) is 0. The maximum atomic E-state index is 13.7. The Morgan fingerprint density at radius 1 is 0.848 bits per heavy atom. The van der Waals surface area contributed by atoms with Gasteiger partial charge in [-0.1, -0.05) is 42.5 Å². The Labute approximate surface area is 188 Å². The van der Waals surface area contributed by atoms with E-state index in [9.17, 15) is 35.1 Å². The summed E-state index contributed by atoms with van der Waals surface area (Å²) in [7, 11) is -9.17. The van der Waals surface area contributed by atoms with Crippen molar-refractivity contribution in [2.24, 2.45) is 0 Å². The lowest BCUT2D eigenvalue weighted by atomic mass is 10.1. The van der Waals surface area contributed by atoms with E-state index in [1.807, 2.05) is 0 Å². The highest BCUT2D eigenvalue weighted by molar-refractivity contribution is 7.91. The maximum absolute atomic E-state index is 13.7. The summed E-state index contributed by atoms with van der Waals surface area (Å²) in [5, 5.41) is 10.3. The van der Waals surface area contributed by atoms with Gasteiger partial charge in [0.2, 0.25) is 19.9 Å². The molecule has 2 atom stereocenters. The predicted octanol–water partition coefficient (Wildman–Crippen LogP) is 3.47. The van der Waals surface area contributed by atoms with E-state index in [2.05, 4.69) is 4.72 Å². The predicted molar refractivity (Wildman–Crippen MR) is 113 cm³/mol. The van der Waals surface area contributed by atoms with Gasteiger partial charge in [0.05, 0.1) is 32.4 Å². The smallest absolute Gasteiger partial charge is 0.391 e. The van der Waals surface area contributed by atoms with Crippen molar-refractivity contribution in [2.75, 3.05) is 0 Å². The van der Waals surface area contributed by atoms with Crippen molar-refractivity contribution in [3.8, 4) is 0 Å². The van der Waals surface area contributed by atoms with E-state index in [1.54, 1.807) is 30.3 Å². The Bertz CT molecular complexity index is 1410. The fourth-order valence-corrected chi connectivity index (χ4v) is 6.69. The van der Waals surface area contributed by atoms with Crippen molar-refractivity contribution >= 4 is 19.9 Å². The minimum atomic E-state index is -5.06. The second-order valence-corrected chi connectivity index (χ2v) is 11.2. The van der Waals surface area contributed by atoms with Crippen molar-refractivity contribution in [1.82, 2.24) is 4.72 Å². The highest BCUT2D eigenvalue weighted by Gasteiger charge is 2.41. The number of fused-ring (bicyclic) bond motifs is 1. The van der Waals surface area contributed by atoms with Crippen LogP contribution in [0.2, 0.25) is 0 Å². The van der Waals surface area contributed by atoms with Crippen LogP contribution in [0.4, 0.5) is 13.2 Å². The molecule has 0 spiro atoms. The van der Waals surface area contributed by atoms with Crippen LogP contribution in [0.25, 0.3) is 0 Å². The molecule has 174 valence electrons. The molecule has 0 saturated carbocycles. The van der Waals surface area contributed by atoms with Crippen LogP contribution in [-0.4, -0.2) is 28.0 Å². The Kier molecular flexibility index (Phi) is 5.85. The number of hydrogen-bond acceptors (Lipinski definition) is 5. The third-order valence-corrected chi connectivity index (χ3v) is 8.65. The molecule has 0 radical (unpaired) electrons. The van der Waals surface area contributed by atoms with Gasteiger partial charge in [-0.15, -0.1) is 0 Å². The molecule has 11 heteroatoms. The van der Waals surface area contributed by atoms with Gasteiger partial charge in [-0.3, -0.25) is 0 Å². The fourth-order valence-electron chi connectivity index (χ4n) is 3.81. The number of aliphatic hydroxyl groups excluding tert-OH is 1. The van der Waals surface area contributed by atoms with Crippen LogP contribution in [0, 0.1) is 0 Å². The van der Waals surface area contributed by atoms with Crippen molar-refractivity contribution in [3.05, 3.63) is 89.5 Å². The maximum Gasteiger partial charge on any atom is 0.417 e. The molecule has 33 heavy (non-hydrogen) atoms. The molecule has 0 bridgehead atoms. The molecule has 0 heterocycles. The van der Waals surface area contributed by atoms with Gasteiger partial charge >= 0.3 is 6.18 Å². The van der Waals surface area contributed by atoms with Gasteiger partial charge < -0.3 is 5.11 Å². The molecule has 1 aliphatic carbocycles. The number of alkyl halides is 3. The monoisotopic (exact) mass is 497 g/mol. The van der Waals surface area contributed by atoms with Crippen LogP contribution < -0.4 is 4.72 Å². The average Bonchev–Trinajstić information content (AvgIpc) is 3.08. The van der Waals surface area contributed by atoms with Gasteiger partial charge in [-0.25, -0.2) is 21.6 Å². The summed E-state index contributed by atoms with van der Waals surface area (Å²) in [6, 6.07) is 14.0. The molecular weight excluding hydrogens is 479 g/mol. The molecule has 0 fully saturated rings. The summed E-state index contributed by atoms with van der Waals surface area (Å²) in [6.07, 6.45) is -6.13. The van der Waals surface area contributed by atoms with Crippen molar-refractivity contribution < 1.29 is 35.1 Å². The van der Waals surface area contributed by atoms with Crippen molar-refractivity contribution in [3.63, 3.8) is 0 Å². The number of sulfone groups is 1. The van der Waals surface area contributed by atoms with Crippen LogP contribution in [0.5, 0.6) is 0 Å². The van der Waals surface area contributed by atoms with E-state index >= 15 is 0 Å². The fraction of sp³-hybridized carbons (Fsp3) is 0.182. The molecule has 0 saturated heterocycles. The zero-order valence-corrected chi connectivity index (χ0v) is 18.5. The lowest BCUT2D eigenvalue weighted by Crippen LogP contribution is -2.35. The highest BCUT2D eigenvalue weighted by Crippen LogP contribution is 2.38. The third kappa shape index (κ3) is 4.41. The number of sulfonamides is 1. The zero-order valence-electron chi connectivity index (χ0n) is 16.8. The van der Waals surface area contributed by atoms with Crippen LogP contribution >= 0.6 is 0 Å². The van der Waals surface area contributed by atoms with Gasteiger partial charge in [0.15, 0.2) is 0 Å². The van der Waals surface area contributed by atoms with Crippen LogP contribution in [-0.2, 0) is 32.5 Å². The second kappa shape index (κ2) is 8.24. The molecule has 2 N–H and O–H groups in total. The number of benzene rings is 3. The quantitative estimate of drug-likeness (QED) is 0.562. The molecule has 3 aromatic rings. The van der Waals surface area contributed by atoms with E-state index in [4.69, 9.17) is 0 Å². The first-order valence-electron chi connectivity index (χ1n) is 9.71. The average molecular weight is 498 g/mol. The van der Waals surface area contributed by atoms with Crippen LogP contribution in [0.3, 0.4) is 0 Å². The van der Waals surface area contributed by atoms with Crippen molar-refractivity contribution in [1.29, 1.82) is 0 Å². The Balaban J connectivity index is 1.82. The molecular formula is C22H18F3NO5S2. The molecule has 6 nitrogen and oxygen atoms in total. The summed E-state index contributed by atoms with van der Waals surface area (Å²) in [6.45, 7) is 0. The summed E-state index contributed by atoms with van der Waals surface area (Å²) in [4.78, 5) is -2.03. The highest BCUT2D eigenvalue weighted by atomic mass is 32.2.